The summed E-state index contributed by atoms with van der Waals surface area (Å²) >= 11 is 5.89. The van der Waals surface area contributed by atoms with Gasteiger partial charge in [-0.15, -0.1) is 0 Å². The Bertz CT molecular complexity index is 552. The smallest absolute Gasteiger partial charge is 0.254 e. The largest absolute Gasteiger partial charge is 0.467 e. The molecule has 0 atom stereocenters. The van der Waals surface area contributed by atoms with Crippen LogP contribution in [-0.2, 0) is 6.54 Å². The average Bonchev–Trinajstić information content (AvgIpc) is 2.84. The quantitative estimate of drug-likeness (QED) is 0.867. The van der Waals surface area contributed by atoms with Crippen LogP contribution in [0.3, 0.4) is 0 Å². The minimum absolute atomic E-state index is 0.131. The molecule has 0 bridgehead atoms. The zero-order chi connectivity index (χ0) is 13.1. The van der Waals surface area contributed by atoms with Gasteiger partial charge in [-0.3, -0.25) is 4.79 Å². The fourth-order valence-electron chi connectivity index (χ4n) is 1.59. The first kappa shape index (κ1) is 12.5. The van der Waals surface area contributed by atoms with Crippen molar-refractivity contribution < 1.29 is 9.21 Å². The van der Waals surface area contributed by atoms with Gasteiger partial charge in [0.1, 0.15) is 5.76 Å². The molecule has 0 aliphatic carbocycles. The van der Waals surface area contributed by atoms with Crippen LogP contribution in [0.15, 0.2) is 41.0 Å². The minimum atomic E-state index is -0.131. The van der Waals surface area contributed by atoms with Gasteiger partial charge in [-0.2, -0.15) is 0 Å². The molecule has 1 heterocycles. The van der Waals surface area contributed by atoms with Crippen molar-refractivity contribution in [1.82, 2.24) is 4.90 Å². The summed E-state index contributed by atoms with van der Waals surface area (Å²) in [5.74, 6) is 0.598. The molecule has 1 aromatic carbocycles. The molecule has 2 rings (SSSR count). The zero-order valence-corrected chi connectivity index (χ0v) is 10.6. The molecule has 94 valence electrons. The number of amides is 1. The van der Waals surface area contributed by atoms with Crippen molar-refractivity contribution >= 4 is 23.2 Å². The summed E-state index contributed by atoms with van der Waals surface area (Å²) in [6, 6.07) is 8.45. The van der Waals surface area contributed by atoms with Crippen LogP contribution in [0.5, 0.6) is 0 Å². The molecule has 1 amide bonds. The van der Waals surface area contributed by atoms with Crippen molar-refractivity contribution in [3.8, 4) is 0 Å². The van der Waals surface area contributed by atoms with Gasteiger partial charge in [-0.05, 0) is 30.3 Å². The lowest BCUT2D eigenvalue weighted by atomic mass is 10.2. The number of furan rings is 1. The lowest BCUT2D eigenvalue weighted by Gasteiger charge is -2.16. The Hall–Kier alpha value is -1.94. The van der Waals surface area contributed by atoms with E-state index in [2.05, 4.69) is 0 Å². The van der Waals surface area contributed by atoms with Crippen LogP contribution in [0.25, 0.3) is 0 Å². The summed E-state index contributed by atoms with van der Waals surface area (Å²) in [5.41, 5.74) is 6.57. The van der Waals surface area contributed by atoms with Gasteiger partial charge in [0.25, 0.3) is 5.91 Å². The molecule has 0 radical (unpaired) electrons. The van der Waals surface area contributed by atoms with Crippen LogP contribution in [0.4, 0.5) is 5.69 Å². The molecule has 2 N–H and O–H groups in total. The number of carbonyl (C=O) groups is 1. The van der Waals surface area contributed by atoms with Gasteiger partial charge < -0.3 is 15.1 Å². The van der Waals surface area contributed by atoms with Gasteiger partial charge in [0.15, 0.2) is 0 Å². The number of nitrogens with two attached hydrogens (primary N) is 1. The first-order valence-electron chi connectivity index (χ1n) is 5.41. The van der Waals surface area contributed by atoms with Gasteiger partial charge in [0.05, 0.1) is 23.5 Å². The van der Waals surface area contributed by atoms with Gasteiger partial charge in [-0.25, -0.2) is 0 Å². The SMILES string of the molecule is CN(Cc1ccco1)C(=O)c1ccc(N)c(Cl)c1. The van der Waals surface area contributed by atoms with Gasteiger partial charge >= 0.3 is 0 Å². The molecule has 1 aromatic heterocycles. The summed E-state index contributed by atoms with van der Waals surface area (Å²) in [5, 5.41) is 0.382. The van der Waals surface area contributed by atoms with E-state index in [4.69, 9.17) is 21.8 Å². The Balaban J connectivity index is 2.12. The molecule has 0 aliphatic rings. The van der Waals surface area contributed by atoms with Crippen LogP contribution in [0.2, 0.25) is 5.02 Å². The highest BCUT2D eigenvalue weighted by Crippen LogP contribution is 2.20. The predicted molar refractivity (Wildman–Crippen MR) is 70.4 cm³/mol. The Morgan fingerprint density at radius 3 is 2.83 bits per heavy atom. The molecule has 0 fully saturated rings. The predicted octanol–water partition coefficient (Wildman–Crippen LogP) is 2.79. The van der Waals surface area contributed by atoms with E-state index in [1.807, 2.05) is 6.07 Å². The van der Waals surface area contributed by atoms with E-state index in [0.29, 0.717) is 22.8 Å². The second-order valence-corrected chi connectivity index (χ2v) is 4.38. The van der Waals surface area contributed by atoms with Crippen molar-refractivity contribution in [2.75, 3.05) is 12.8 Å². The molecule has 0 saturated heterocycles. The summed E-state index contributed by atoms with van der Waals surface area (Å²) < 4.78 is 5.19. The Morgan fingerprint density at radius 1 is 1.44 bits per heavy atom. The number of hydrogen-bond donors (Lipinski definition) is 1. The number of nitrogens with zero attached hydrogens (tertiary/aromatic N) is 1. The summed E-state index contributed by atoms with van der Waals surface area (Å²) in [6.45, 7) is 0.411. The summed E-state index contributed by atoms with van der Waals surface area (Å²) in [6.07, 6.45) is 1.58. The van der Waals surface area contributed by atoms with E-state index in [9.17, 15) is 4.79 Å². The number of benzene rings is 1. The molecule has 0 aliphatic heterocycles. The van der Waals surface area contributed by atoms with Crippen LogP contribution in [0.1, 0.15) is 16.1 Å². The van der Waals surface area contributed by atoms with E-state index in [0.717, 1.165) is 5.76 Å². The normalized spacial score (nSPS) is 10.3. The van der Waals surface area contributed by atoms with Crippen molar-refractivity contribution in [3.05, 3.63) is 52.9 Å². The van der Waals surface area contributed by atoms with Crippen molar-refractivity contribution in [2.45, 2.75) is 6.54 Å². The number of anilines is 1. The third kappa shape index (κ3) is 2.65. The number of hydrogen-bond acceptors (Lipinski definition) is 3. The molecule has 5 heteroatoms. The third-order valence-electron chi connectivity index (χ3n) is 2.57. The monoisotopic (exact) mass is 264 g/mol. The highest BCUT2D eigenvalue weighted by atomic mass is 35.5. The summed E-state index contributed by atoms with van der Waals surface area (Å²) in [7, 11) is 1.70. The molecular weight excluding hydrogens is 252 g/mol. The Kier molecular flexibility index (Phi) is 3.58. The third-order valence-corrected chi connectivity index (χ3v) is 2.89. The van der Waals surface area contributed by atoms with E-state index in [-0.39, 0.29) is 5.91 Å². The number of nitrogen functional groups attached to an aromatic ring is 1. The number of carbonyl (C=O) groups excluding carboxylic acids is 1. The topological polar surface area (TPSA) is 59.5 Å². The van der Waals surface area contributed by atoms with Gasteiger partial charge in [-0.1, -0.05) is 11.6 Å². The highest BCUT2D eigenvalue weighted by molar-refractivity contribution is 6.33. The van der Waals surface area contributed by atoms with E-state index in [1.54, 1.807) is 42.5 Å². The lowest BCUT2D eigenvalue weighted by molar-refractivity contribution is 0.0775. The molecule has 2 aromatic rings. The second-order valence-electron chi connectivity index (χ2n) is 3.98. The molecule has 0 spiro atoms. The fraction of sp³-hybridized carbons (Fsp3) is 0.154. The summed E-state index contributed by atoms with van der Waals surface area (Å²) in [4.78, 5) is 13.7. The molecule has 0 saturated carbocycles. The van der Waals surface area contributed by atoms with Gasteiger partial charge in [0.2, 0.25) is 0 Å². The average molecular weight is 265 g/mol. The molecule has 4 nitrogen and oxygen atoms in total. The van der Waals surface area contributed by atoms with Crippen LogP contribution in [0, 0.1) is 0 Å². The Morgan fingerprint density at radius 2 is 2.22 bits per heavy atom. The van der Waals surface area contributed by atoms with E-state index >= 15 is 0 Å². The van der Waals surface area contributed by atoms with Crippen LogP contribution in [-0.4, -0.2) is 17.9 Å². The maximum Gasteiger partial charge on any atom is 0.254 e. The second kappa shape index (κ2) is 5.14. The number of rotatable bonds is 3. The van der Waals surface area contributed by atoms with Crippen LogP contribution < -0.4 is 5.73 Å². The minimum Gasteiger partial charge on any atom is -0.467 e. The zero-order valence-electron chi connectivity index (χ0n) is 9.89. The Labute approximate surface area is 110 Å². The lowest BCUT2D eigenvalue weighted by Crippen LogP contribution is -2.26. The standard InChI is InChI=1S/C13H13ClN2O2/c1-16(8-10-3-2-6-18-10)13(17)9-4-5-12(15)11(14)7-9/h2-7H,8,15H2,1H3. The van der Waals surface area contributed by atoms with E-state index in [1.165, 1.54) is 0 Å². The fourth-order valence-corrected chi connectivity index (χ4v) is 1.77. The molecule has 18 heavy (non-hydrogen) atoms. The highest BCUT2D eigenvalue weighted by Gasteiger charge is 2.14. The maximum atomic E-state index is 12.1. The molecular formula is C13H13ClN2O2. The van der Waals surface area contributed by atoms with E-state index < -0.39 is 0 Å². The molecule has 0 unspecified atom stereocenters. The van der Waals surface area contributed by atoms with Gasteiger partial charge in [0, 0.05) is 12.6 Å². The van der Waals surface area contributed by atoms with Crippen LogP contribution >= 0.6 is 11.6 Å². The maximum absolute atomic E-state index is 12.1. The van der Waals surface area contributed by atoms with Crippen molar-refractivity contribution in [1.29, 1.82) is 0 Å². The first-order chi connectivity index (χ1) is 8.58. The first-order valence-corrected chi connectivity index (χ1v) is 5.78. The van der Waals surface area contributed by atoms with Crippen molar-refractivity contribution in [3.63, 3.8) is 0 Å². The van der Waals surface area contributed by atoms with Crippen molar-refractivity contribution in [2.24, 2.45) is 0 Å². The number of halogens is 1.